The van der Waals surface area contributed by atoms with Crippen LogP contribution in [0.25, 0.3) is 10.8 Å². The lowest BCUT2D eigenvalue weighted by Crippen LogP contribution is -2.04. The van der Waals surface area contributed by atoms with Gasteiger partial charge in [0.15, 0.2) is 0 Å². The van der Waals surface area contributed by atoms with E-state index in [0.717, 1.165) is 12.3 Å². The van der Waals surface area contributed by atoms with Gasteiger partial charge in [0, 0.05) is 6.54 Å². The third-order valence-corrected chi connectivity index (χ3v) is 3.58. The summed E-state index contributed by atoms with van der Waals surface area (Å²) in [4.78, 5) is 0. The molecule has 0 aliphatic heterocycles. The van der Waals surface area contributed by atoms with Gasteiger partial charge in [0.25, 0.3) is 0 Å². The molecule has 0 atom stereocenters. The molecule has 0 aromatic heterocycles. The lowest BCUT2D eigenvalue weighted by atomic mass is 10.1. The predicted octanol–water partition coefficient (Wildman–Crippen LogP) is 4.14. The maximum Gasteiger partial charge on any atom is 0.119 e. The van der Waals surface area contributed by atoms with E-state index in [1.54, 1.807) is 0 Å². The minimum atomic E-state index is 0.590. The third-order valence-electron chi connectivity index (χ3n) is 3.58. The Balaban J connectivity index is 1.74. The molecule has 0 unspecified atom stereocenters. The molecule has 3 aromatic carbocycles. The van der Waals surface area contributed by atoms with Crippen LogP contribution in [0.1, 0.15) is 11.1 Å². The van der Waals surface area contributed by atoms with Crippen LogP contribution < -0.4 is 10.1 Å². The first-order valence-corrected chi connectivity index (χ1v) is 7.20. The fourth-order valence-corrected chi connectivity index (χ4v) is 2.49. The van der Waals surface area contributed by atoms with Gasteiger partial charge in [-0.1, -0.05) is 54.6 Å². The smallest absolute Gasteiger partial charge is 0.119 e. The largest absolute Gasteiger partial charge is 0.489 e. The first-order chi connectivity index (χ1) is 10.4. The normalized spacial score (nSPS) is 10.7. The molecule has 0 bridgehead atoms. The van der Waals surface area contributed by atoms with Gasteiger partial charge in [-0.25, -0.2) is 0 Å². The van der Waals surface area contributed by atoms with E-state index in [9.17, 15) is 0 Å². The van der Waals surface area contributed by atoms with Gasteiger partial charge in [0.1, 0.15) is 12.4 Å². The average molecular weight is 277 g/mol. The highest BCUT2D eigenvalue weighted by Gasteiger charge is 2.01. The number of hydrogen-bond acceptors (Lipinski definition) is 2. The zero-order valence-electron chi connectivity index (χ0n) is 12.2. The van der Waals surface area contributed by atoms with Crippen LogP contribution in [0.5, 0.6) is 5.75 Å². The van der Waals surface area contributed by atoms with E-state index in [1.165, 1.54) is 21.9 Å². The van der Waals surface area contributed by atoms with Gasteiger partial charge < -0.3 is 10.1 Å². The molecule has 0 saturated carbocycles. The van der Waals surface area contributed by atoms with Crippen LogP contribution in [0.4, 0.5) is 0 Å². The second-order valence-electron chi connectivity index (χ2n) is 5.10. The summed E-state index contributed by atoms with van der Waals surface area (Å²) >= 11 is 0. The van der Waals surface area contributed by atoms with Crippen molar-refractivity contribution in [1.82, 2.24) is 5.32 Å². The number of rotatable bonds is 5. The van der Waals surface area contributed by atoms with E-state index >= 15 is 0 Å². The van der Waals surface area contributed by atoms with Crippen molar-refractivity contribution in [2.24, 2.45) is 0 Å². The van der Waals surface area contributed by atoms with Crippen LogP contribution in [-0.2, 0) is 13.2 Å². The highest BCUT2D eigenvalue weighted by Crippen LogP contribution is 2.21. The summed E-state index contributed by atoms with van der Waals surface area (Å²) in [7, 11) is 1.95. The van der Waals surface area contributed by atoms with Gasteiger partial charge in [-0.2, -0.15) is 0 Å². The number of nitrogens with one attached hydrogen (secondary N) is 1. The van der Waals surface area contributed by atoms with Gasteiger partial charge in [-0.3, -0.25) is 0 Å². The Hall–Kier alpha value is -2.32. The van der Waals surface area contributed by atoms with Crippen molar-refractivity contribution in [2.45, 2.75) is 13.2 Å². The zero-order chi connectivity index (χ0) is 14.5. The highest BCUT2D eigenvalue weighted by atomic mass is 16.5. The molecule has 21 heavy (non-hydrogen) atoms. The lowest BCUT2D eigenvalue weighted by Gasteiger charge is -2.09. The van der Waals surface area contributed by atoms with Crippen molar-refractivity contribution in [3.8, 4) is 5.75 Å². The molecule has 0 amide bonds. The summed E-state index contributed by atoms with van der Waals surface area (Å²) in [5, 5.41) is 5.65. The van der Waals surface area contributed by atoms with Gasteiger partial charge in [0.2, 0.25) is 0 Å². The highest BCUT2D eigenvalue weighted by molar-refractivity contribution is 5.85. The molecule has 0 heterocycles. The van der Waals surface area contributed by atoms with E-state index < -0.39 is 0 Å². The van der Waals surface area contributed by atoms with E-state index in [-0.39, 0.29) is 0 Å². The van der Waals surface area contributed by atoms with Crippen LogP contribution in [0.3, 0.4) is 0 Å². The first-order valence-electron chi connectivity index (χ1n) is 7.20. The zero-order valence-corrected chi connectivity index (χ0v) is 12.2. The first kappa shape index (κ1) is 13.7. The van der Waals surface area contributed by atoms with E-state index in [4.69, 9.17) is 4.74 Å². The van der Waals surface area contributed by atoms with Crippen LogP contribution in [0.2, 0.25) is 0 Å². The van der Waals surface area contributed by atoms with Gasteiger partial charge in [0.05, 0.1) is 0 Å². The molecular formula is C19H19NO. The average Bonchev–Trinajstić information content (AvgIpc) is 2.54. The summed E-state index contributed by atoms with van der Waals surface area (Å²) in [5.74, 6) is 0.905. The number of ether oxygens (including phenoxy) is 1. The molecule has 1 N–H and O–H groups in total. The summed E-state index contributed by atoms with van der Waals surface area (Å²) < 4.78 is 5.91. The van der Waals surface area contributed by atoms with Crippen LogP contribution in [0, 0.1) is 0 Å². The Morgan fingerprint density at radius 3 is 2.43 bits per heavy atom. The maximum atomic E-state index is 5.91. The summed E-state index contributed by atoms with van der Waals surface area (Å²) in [5.41, 5.74) is 2.47. The monoisotopic (exact) mass is 277 g/mol. The van der Waals surface area contributed by atoms with Crippen LogP contribution in [-0.4, -0.2) is 7.05 Å². The van der Waals surface area contributed by atoms with Gasteiger partial charge >= 0.3 is 0 Å². The molecule has 0 saturated heterocycles. The molecule has 0 aliphatic carbocycles. The molecule has 0 radical (unpaired) electrons. The van der Waals surface area contributed by atoms with Gasteiger partial charge in [-0.05, 0) is 41.1 Å². The van der Waals surface area contributed by atoms with E-state index in [2.05, 4.69) is 59.9 Å². The van der Waals surface area contributed by atoms with Crippen LogP contribution in [0.15, 0.2) is 66.7 Å². The molecule has 0 spiro atoms. The Bertz CT molecular complexity index is 714. The molecule has 2 nitrogen and oxygen atoms in total. The Morgan fingerprint density at radius 1 is 0.857 bits per heavy atom. The fourth-order valence-electron chi connectivity index (χ4n) is 2.49. The molecule has 0 fully saturated rings. The van der Waals surface area contributed by atoms with Crippen molar-refractivity contribution in [1.29, 1.82) is 0 Å². The van der Waals surface area contributed by atoms with E-state index in [0.29, 0.717) is 6.61 Å². The second kappa shape index (κ2) is 6.42. The SMILES string of the molecule is CNCc1ccc(OCc2cccc3ccccc23)cc1. The number of fused-ring (bicyclic) bond motifs is 1. The van der Waals surface area contributed by atoms with E-state index in [1.807, 2.05) is 19.2 Å². The summed E-state index contributed by atoms with van der Waals surface area (Å²) in [6.45, 7) is 1.47. The second-order valence-corrected chi connectivity index (χ2v) is 5.10. The lowest BCUT2D eigenvalue weighted by molar-refractivity contribution is 0.307. The topological polar surface area (TPSA) is 21.3 Å². The van der Waals surface area contributed by atoms with Crippen LogP contribution >= 0.6 is 0 Å². The quantitative estimate of drug-likeness (QED) is 0.757. The Labute approximate surface area is 125 Å². The minimum Gasteiger partial charge on any atom is -0.489 e. The Kier molecular flexibility index (Phi) is 4.17. The molecule has 3 rings (SSSR count). The number of hydrogen-bond donors (Lipinski definition) is 1. The van der Waals surface area contributed by atoms with Crippen molar-refractivity contribution < 1.29 is 4.74 Å². The van der Waals surface area contributed by atoms with Crippen molar-refractivity contribution >= 4 is 10.8 Å². The summed E-state index contributed by atoms with van der Waals surface area (Å²) in [6.07, 6.45) is 0. The van der Waals surface area contributed by atoms with Crippen molar-refractivity contribution in [2.75, 3.05) is 7.05 Å². The standard InChI is InChI=1S/C19H19NO/c1-20-13-15-9-11-18(12-10-15)21-14-17-7-4-6-16-5-2-3-8-19(16)17/h2-12,20H,13-14H2,1H3. The molecule has 106 valence electrons. The van der Waals surface area contributed by atoms with Crippen molar-refractivity contribution in [3.05, 3.63) is 77.9 Å². The molecular weight excluding hydrogens is 258 g/mol. The van der Waals surface area contributed by atoms with Gasteiger partial charge in [-0.15, -0.1) is 0 Å². The molecule has 2 heteroatoms. The number of benzene rings is 3. The third kappa shape index (κ3) is 3.23. The fraction of sp³-hybridized carbons (Fsp3) is 0.158. The maximum absolute atomic E-state index is 5.91. The predicted molar refractivity (Wildman–Crippen MR) is 87.5 cm³/mol. The Morgan fingerprint density at radius 2 is 1.62 bits per heavy atom. The molecule has 0 aliphatic rings. The minimum absolute atomic E-state index is 0.590. The molecule has 3 aromatic rings. The summed E-state index contributed by atoms with van der Waals surface area (Å²) in [6, 6.07) is 23.0. The van der Waals surface area contributed by atoms with Crippen molar-refractivity contribution in [3.63, 3.8) is 0 Å².